The molecule has 23 heavy (non-hydrogen) atoms. The Morgan fingerprint density at radius 2 is 1.57 bits per heavy atom. The lowest BCUT2D eigenvalue weighted by molar-refractivity contribution is -0.137. The van der Waals surface area contributed by atoms with Crippen LogP contribution in [-0.2, 0) is 22.0 Å². The van der Waals surface area contributed by atoms with Gasteiger partial charge in [0, 0.05) is 21.3 Å². The zero-order valence-corrected chi connectivity index (χ0v) is 13.7. The van der Waals surface area contributed by atoms with Crippen LogP contribution in [0.4, 0.5) is 18.9 Å². The lowest BCUT2D eigenvalue weighted by Gasteiger charge is -2.12. The fourth-order valence-electron chi connectivity index (χ4n) is 1.83. The number of sulfonamides is 1. The Morgan fingerprint density at radius 1 is 1.00 bits per heavy atom. The van der Waals surface area contributed by atoms with E-state index in [1.807, 2.05) is 0 Å². The third-order valence-corrected chi connectivity index (χ3v) is 4.78. The highest BCUT2D eigenvalue weighted by molar-refractivity contribution is 7.91. The maximum atomic E-state index is 12.6. The minimum Gasteiger partial charge on any atom is -0.283 e. The van der Waals surface area contributed by atoms with Crippen LogP contribution in [0.15, 0.2) is 42.5 Å². The minimum atomic E-state index is -4.56. The van der Waals surface area contributed by atoms with E-state index in [2.05, 4.69) is 4.72 Å². The van der Waals surface area contributed by atoms with E-state index in [1.54, 1.807) is 6.07 Å². The molecule has 1 N–H and O–H groups in total. The van der Waals surface area contributed by atoms with Crippen LogP contribution in [0.1, 0.15) is 11.1 Å². The number of anilines is 1. The first kappa shape index (κ1) is 17.9. The number of alkyl halides is 3. The van der Waals surface area contributed by atoms with Crippen molar-refractivity contribution in [2.24, 2.45) is 0 Å². The molecule has 0 fully saturated rings. The van der Waals surface area contributed by atoms with Crippen molar-refractivity contribution in [3.63, 3.8) is 0 Å². The van der Waals surface area contributed by atoms with Crippen molar-refractivity contribution in [2.45, 2.75) is 11.9 Å². The van der Waals surface area contributed by atoms with Crippen LogP contribution in [0.25, 0.3) is 0 Å². The molecule has 0 saturated heterocycles. The Balaban J connectivity index is 2.26. The highest BCUT2D eigenvalue weighted by atomic mass is 35.5. The van der Waals surface area contributed by atoms with Gasteiger partial charge in [-0.2, -0.15) is 13.2 Å². The summed E-state index contributed by atoms with van der Waals surface area (Å²) in [6, 6.07) is 8.41. The van der Waals surface area contributed by atoms with Gasteiger partial charge in [0.15, 0.2) is 0 Å². The normalized spacial score (nSPS) is 12.2. The lowest BCUT2D eigenvalue weighted by Crippen LogP contribution is -2.16. The summed E-state index contributed by atoms with van der Waals surface area (Å²) < 4.78 is 64.3. The monoisotopic (exact) mass is 383 g/mol. The summed E-state index contributed by atoms with van der Waals surface area (Å²) >= 11 is 11.8. The Labute approximate surface area is 141 Å². The predicted octanol–water partition coefficient (Wildman–Crippen LogP) is 4.95. The molecule has 0 spiro atoms. The van der Waals surface area contributed by atoms with Crippen molar-refractivity contribution in [2.75, 3.05) is 4.72 Å². The van der Waals surface area contributed by atoms with E-state index in [1.165, 1.54) is 18.2 Å². The summed E-state index contributed by atoms with van der Waals surface area (Å²) in [6.45, 7) is 0. The molecule has 0 aliphatic heterocycles. The largest absolute Gasteiger partial charge is 0.416 e. The fraction of sp³-hybridized carbons (Fsp3) is 0.143. The first-order valence-electron chi connectivity index (χ1n) is 6.19. The van der Waals surface area contributed by atoms with E-state index in [4.69, 9.17) is 23.2 Å². The van der Waals surface area contributed by atoms with Gasteiger partial charge in [-0.05, 0) is 30.3 Å². The topological polar surface area (TPSA) is 46.2 Å². The van der Waals surface area contributed by atoms with Gasteiger partial charge < -0.3 is 0 Å². The van der Waals surface area contributed by atoms with Crippen molar-refractivity contribution in [3.05, 3.63) is 63.6 Å². The van der Waals surface area contributed by atoms with Gasteiger partial charge in [-0.3, -0.25) is 4.72 Å². The Kier molecular flexibility index (Phi) is 5.13. The molecule has 0 bridgehead atoms. The first-order valence-corrected chi connectivity index (χ1v) is 8.60. The van der Waals surface area contributed by atoms with E-state index < -0.39 is 27.5 Å². The zero-order chi connectivity index (χ0) is 17.3. The molecule has 3 nitrogen and oxygen atoms in total. The number of halogens is 5. The number of rotatable bonds is 4. The molecule has 9 heteroatoms. The third-order valence-electron chi connectivity index (χ3n) is 2.86. The Bertz CT molecular complexity index is 803. The van der Waals surface area contributed by atoms with Gasteiger partial charge in [-0.1, -0.05) is 35.3 Å². The van der Waals surface area contributed by atoms with Gasteiger partial charge in [-0.25, -0.2) is 8.42 Å². The van der Waals surface area contributed by atoms with Gasteiger partial charge in [0.2, 0.25) is 10.0 Å². The van der Waals surface area contributed by atoms with Crippen LogP contribution >= 0.6 is 23.2 Å². The average Bonchev–Trinajstić information content (AvgIpc) is 2.42. The summed E-state index contributed by atoms with van der Waals surface area (Å²) in [5.74, 6) is -0.554. The number of hydrogen-bond donors (Lipinski definition) is 1. The molecule has 0 aromatic heterocycles. The highest BCUT2D eigenvalue weighted by Crippen LogP contribution is 2.31. The molecule has 124 valence electrons. The van der Waals surface area contributed by atoms with E-state index in [0.29, 0.717) is 6.07 Å². The van der Waals surface area contributed by atoms with Gasteiger partial charge in [0.25, 0.3) is 0 Å². The highest BCUT2D eigenvalue weighted by Gasteiger charge is 2.30. The summed E-state index contributed by atoms with van der Waals surface area (Å²) in [6.07, 6.45) is -4.56. The molecule has 0 unspecified atom stereocenters. The second kappa shape index (κ2) is 6.59. The lowest BCUT2D eigenvalue weighted by atomic mass is 10.2. The maximum absolute atomic E-state index is 12.6. The molecule has 0 saturated carbocycles. The summed E-state index contributed by atoms with van der Waals surface area (Å²) in [5.41, 5.74) is -0.966. The Hall–Kier alpha value is -1.44. The van der Waals surface area contributed by atoms with Crippen molar-refractivity contribution in [1.29, 1.82) is 0 Å². The van der Waals surface area contributed by atoms with Crippen LogP contribution in [0.2, 0.25) is 10.0 Å². The summed E-state index contributed by atoms with van der Waals surface area (Å²) in [7, 11) is -3.98. The van der Waals surface area contributed by atoms with Crippen molar-refractivity contribution in [1.82, 2.24) is 0 Å². The standard InChI is InChI=1S/C14H10Cl2F3NO2S/c15-12-5-2-6-13(16)11(12)8-23(21,22)20-10-4-1-3-9(7-10)14(17,18)19/h1-7,20H,8H2. The summed E-state index contributed by atoms with van der Waals surface area (Å²) in [4.78, 5) is 0. The number of hydrogen-bond acceptors (Lipinski definition) is 2. The summed E-state index contributed by atoms with van der Waals surface area (Å²) in [5, 5.41) is 0.318. The Morgan fingerprint density at radius 3 is 2.13 bits per heavy atom. The molecule has 0 aliphatic rings. The first-order chi connectivity index (χ1) is 10.6. The third kappa shape index (κ3) is 4.76. The van der Waals surface area contributed by atoms with Crippen LogP contribution in [0.3, 0.4) is 0 Å². The van der Waals surface area contributed by atoms with E-state index in [9.17, 15) is 21.6 Å². The molecule has 2 rings (SSSR count). The smallest absolute Gasteiger partial charge is 0.283 e. The van der Waals surface area contributed by atoms with Gasteiger partial charge in [0.1, 0.15) is 0 Å². The average molecular weight is 384 g/mol. The second-order valence-electron chi connectivity index (χ2n) is 4.64. The quantitative estimate of drug-likeness (QED) is 0.811. The van der Waals surface area contributed by atoms with Crippen LogP contribution in [0, 0.1) is 0 Å². The number of nitrogens with one attached hydrogen (secondary N) is 1. The SMILES string of the molecule is O=S(=O)(Cc1c(Cl)cccc1Cl)Nc1cccc(C(F)(F)F)c1. The van der Waals surface area contributed by atoms with Crippen molar-refractivity contribution < 1.29 is 21.6 Å². The molecule has 2 aromatic carbocycles. The maximum Gasteiger partial charge on any atom is 0.416 e. The van der Waals surface area contributed by atoms with E-state index in [-0.39, 0.29) is 21.3 Å². The fourth-order valence-corrected chi connectivity index (χ4v) is 3.77. The molecular weight excluding hydrogens is 374 g/mol. The van der Waals surface area contributed by atoms with Crippen LogP contribution < -0.4 is 4.72 Å². The molecule has 0 radical (unpaired) electrons. The minimum absolute atomic E-state index is 0.159. The molecule has 0 aliphatic carbocycles. The van der Waals surface area contributed by atoms with E-state index in [0.717, 1.165) is 12.1 Å². The molecular formula is C14H10Cl2F3NO2S. The van der Waals surface area contributed by atoms with Gasteiger partial charge in [-0.15, -0.1) is 0 Å². The molecule has 2 aromatic rings. The van der Waals surface area contributed by atoms with Crippen LogP contribution in [0.5, 0.6) is 0 Å². The van der Waals surface area contributed by atoms with Gasteiger partial charge in [0.05, 0.1) is 11.3 Å². The second-order valence-corrected chi connectivity index (χ2v) is 7.18. The van der Waals surface area contributed by atoms with Crippen molar-refractivity contribution in [3.8, 4) is 0 Å². The predicted molar refractivity (Wildman–Crippen MR) is 84.2 cm³/mol. The molecule has 0 amide bonds. The molecule has 0 atom stereocenters. The zero-order valence-electron chi connectivity index (χ0n) is 11.4. The molecule has 0 heterocycles. The van der Waals surface area contributed by atoms with Crippen LogP contribution in [-0.4, -0.2) is 8.42 Å². The van der Waals surface area contributed by atoms with Crippen molar-refractivity contribution >= 4 is 38.9 Å². The van der Waals surface area contributed by atoms with E-state index >= 15 is 0 Å². The number of benzene rings is 2. The van der Waals surface area contributed by atoms with Gasteiger partial charge >= 0.3 is 6.18 Å².